The number of hydrazone groups is 1. The van der Waals surface area contributed by atoms with Gasteiger partial charge < -0.3 is 15.7 Å². The minimum absolute atomic E-state index is 0.0341. The first kappa shape index (κ1) is 52.5. The van der Waals surface area contributed by atoms with Crippen LogP contribution < -0.4 is 20.4 Å². The van der Waals surface area contributed by atoms with E-state index in [1.807, 2.05) is 66.7 Å². The third kappa shape index (κ3) is 13.6. The number of halogens is 2. The van der Waals surface area contributed by atoms with Gasteiger partial charge in [-0.3, -0.25) is 50.0 Å². The molecule has 0 saturated heterocycles. The summed E-state index contributed by atoms with van der Waals surface area (Å²) in [6.07, 6.45) is 9.07. The Labute approximate surface area is 412 Å². The smallest absolute Gasteiger partial charge is 0.300 e. The Hall–Kier alpha value is -5.42. The largest absolute Gasteiger partial charge is 0.481 e. The summed E-state index contributed by atoms with van der Waals surface area (Å²) in [5, 5.41) is 40.1. The van der Waals surface area contributed by atoms with Crippen molar-refractivity contribution in [2.75, 3.05) is 43.0 Å². The van der Waals surface area contributed by atoms with E-state index >= 15 is 0 Å². The van der Waals surface area contributed by atoms with Gasteiger partial charge in [0.1, 0.15) is 27.8 Å². The van der Waals surface area contributed by atoms with Gasteiger partial charge in [-0.15, -0.1) is 22.7 Å². The summed E-state index contributed by atoms with van der Waals surface area (Å²) in [6, 6.07) is 15.3. The third-order valence-corrected chi connectivity index (χ3v) is 14.4. The number of aryl methyl sites for hydroxylation is 1. The van der Waals surface area contributed by atoms with Crippen LogP contribution in [0.5, 0.6) is 0 Å². The van der Waals surface area contributed by atoms with E-state index < -0.39 is 5.97 Å². The number of amides is 2. The number of carbonyl (C=O) groups is 3. The number of nitrogens with zero attached hydrogens (tertiary/aromatic N) is 6. The van der Waals surface area contributed by atoms with E-state index in [-0.39, 0.29) is 36.2 Å². The van der Waals surface area contributed by atoms with E-state index in [0.717, 1.165) is 84.4 Å². The van der Waals surface area contributed by atoms with Crippen LogP contribution in [0, 0.1) is 31.6 Å². The Morgan fingerprint density at radius 2 is 1.22 bits per heavy atom. The highest BCUT2D eigenvalue weighted by Crippen LogP contribution is 2.42. The molecule has 4 aromatic rings. The lowest BCUT2D eigenvalue weighted by Gasteiger charge is -2.25. The van der Waals surface area contributed by atoms with Crippen molar-refractivity contribution in [1.82, 2.24) is 15.6 Å². The fourth-order valence-electron chi connectivity index (χ4n) is 7.85. The normalized spacial score (nSPS) is 15.0. The molecule has 1 atom stereocenters. The number of benzene rings is 2. The number of thiophene rings is 2. The third-order valence-electron chi connectivity index (χ3n) is 11.4. The van der Waals surface area contributed by atoms with E-state index in [9.17, 15) is 9.59 Å². The van der Waals surface area contributed by atoms with Crippen molar-refractivity contribution >= 4 is 103 Å². The molecule has 67 heavy (non-hydrogen) atoms. The number of nitrogens with one attached hydrogen (secondary N) is 4. The van der Waals surface area contributed by atoms with Gasteiger partial charge in [0.2, 0.25) is 5.91 Å². The van der Waals surface area contributed by atoms with Crippen molar-refractivity contribution in [2.45, 2.75) is 106 Å². The second-order valence-corrected chi connectivity index (χ2v) is 19.7. The molecule has 2 amide bonds. The fraction of sp³-hybridized carbons (Fsp3) is 0.429. The molecule has 14 nitrogen and oxygen atoms in total. The van der Waals surface area contributed by atoms with Gasteiger partial charge in [-0.1, -0.05) is 86.0 Å². The van der Waals surface area contributed by atoms with Crippen molar-refractivity contribution < 1.29 is 19.5 Å². The summed E-state index contributed by atoms with van der Waals surface area (Å²) in [5.41, 5.74) is 7.83. The Balaban J connectivity index is 0.000000253. The highest BCUT2D eigenvalue weighted by Gasteiger charge is 2.37. The number of aliphatic carboxylic acids is 1. The first-order chi connectivity index (χ1) is 31.9. The summed E-state index contributed by atoms with van der Waals surface area (Å²) in [7, 11) is 2.02. The molecule has 0 radical (unpaired) electrons. The number of unbranched alkanes of at least 4 members (excludes halogenated alkanes) is 7. The molecular formula is C49H62Cl2N10O4S2. The van der Waals surface area contributed by atoms with Crippen molar-refractivity contribution in [2.24, 2.45) is 15.1 Å². The molecule has 0 saturated carbocycles. The van der Waals surface area contributed by atoms with Crippen LogP contribution in [-0.2, 0) is 9.59 Å². The average molecular weight is 990 g/mol. The molecule has 0 fully saturated rings. The lowest BCUT2D eigenvalue weighted by atomic mass is 9.99. The SMILES string of the molecule is CC(=N)N1C(=N)CN=C(c2ccc(Cl)cc2)c2c1sc(C(=O)NCCCCCCCCCCNC(C)=O)c2C.CC(=O)O.Cc1sc2c(c1C)C(c1ccc(Cl)cc1)=NCC1=NN(C)C(C)N12. The number of aliphatic imine (C=N–C) groups is 2. The Bertz CT molecular complexity index is 2530. The highest BCUT2D eigenvalue weighted by molar-refractivity contribution is 7.19. The molecule has 1 unspecified atom stereocenters. The molecule has 5 heterocycles. The summed E-state index contributed by atoms with van der Waals surface area (Å²) in [6.45, 7) is 14.8. The molecule has 0 bridgehead atoms. The zero-order chi connectivity index (χ0) is 48.9. The van der Waals surface area contributed by atoms with Gasteiger partial charge in [0.05, 0.1) is 29.4 Å². The van der Waals surface area contributed by atoms with Crippen LogP contribution in [0.25, 0.3) is 0 Å². The molecular weight excluding hydrogens is 928 g/mol. The van der Waals surface area contributed by atoms with Crippen LogP contribution >= 0.6 is 45.9 Å². The summed E-state index contributed by atoms with van der Waals surface area (Å²) in [4.78, 5) is 48.5. The number of carboxylic acids is 1. The van der Waals surface area contributed by atoms with E-state index in [1.54, 1.807) is 30.9 Å². The predicted molar refractivity (Wildman–Crippen MR) is 279 cm³/mol. The number of fused-ring (bicyclic) bond motifs is 4. The zero-order valence-electron chi connectivity index (χ0n) is 39.6. The van der Waals surface area contributed by atoms with E-state index in [1.165, 1.54) is 51.6 Å². The summed E-state index contributed by atoms with van der Waals surface area (Å²) in [5.74, 6) is 0.501. The van der Waals surface area contributed by atoms with Crippen LogP contribution in [0.4, 0.5) is 10.0 Å². The van der Waals surface area contributed by atoms with Crippen molar-refractivity contribution in [1.29, 1.82) is 10.8 Å². The first-order valence-electron chi connectivity index (χ1n) is 22.5. The maximum Gasteiger partial charge on any atom is 0.300 e. The standard InChI is InChI=1S/C29H39ClN6O2S.C18H19ClN4S.C2H4O2/c1-19-25-26(22-12-14-23(30)15-13-22)35-18-24(32)36(20(2)31)29(25)39-27(19)28(38)34-17-11-9-7-5-4-6-8-10-16-33-21(3)37;1-10-11(2)24-18-16(10)17(13-5-7-14(19)8-6-13)20-9-15-21-22(4)12(3)23(15)18;1-2(3)4/h12-15,31-32H,4-11,16-18H2,1-3H3,(H,33,37)(H,34,38);5-8,12H,9H2,1-4H3;1H3,(H,3,4). The van der Waals surface area contributed by atoms with Gasteiger partial charge in [0.25, 0.3) is 11.9 Å². The van der Waals surface area contributed by atoms with Gasteiger partial charge >= 0.3 is 0 Å². The Morgan fingerprint density at radius 3 is 1.73 bits per heavy atom. The molecule has 5 N–H and O–H groups in total. The molecule has 2 aromatic carbocycles. The maximum atomic E-state index is 13.2. The molecule has 0 aliphatic carbocycles. The minimum Gasteiger partial charge on any atom is -0.481 e. The van der Waals surface area contributed by atoms with E-state index in [0.29, 0.717) is 33.7 Å². The number of carboxylic acid groups (broad SMARTS) is 1. The number of amidine groups is 3. The van der Waals surface area contributed by atoms with Crippen LogP contribution in [0.3, 0.4) is 0 Å². The van der Waals surface area contributed by atoms with Crippen LogP contribution in [-0.4, -0.2) is 96.2 Å². The molecule has 7 rings (SSSR count). The molecule has 3 aliphatic rings. The van der Waals surface area contributed by atoms with Crippen molar-refractivity contribution in [3.63, 3.8) is 0 Å². The number of rotatable bonds is 14. The monoisotopic (exact) mass is 988 g/mol. The maximum absolute atomic E-state index is 13.2. The Kier molecular flexibility index (Phi) is 19.3. The van der Waals surface area contributed by atoms with Crippen molar-refractivity contribution in [3.05, 3.63) is 102 Å². The highest BCUT2D eigenvalue weighted by atomic mass is 35.5. The van der Waals surface area contributed by atoms with Gasteiger partial charge in [0.15, 0.2) is 5.84 Å². The van der Waals surface area contributed by atoms with Crippen molar-refractivity contribution in [3.8, 4) is 0 Å². The lowest BCUT2D eigenvalue weighted by Crippen LogP contribution is -2.39. The minimum atomic E-state index is -0.833. The predicted octanol–water partition coefficient (Wildman–Crippen LogP) is 10.7. The molecule has 0 spiro atoms. The second-order valence-electron chi connectivity index (χ2n) is 16.6. The molecule has 2 aromatic heterocycles. The topological polar surface area (TPSA) is 190 Å². The van der Waals surface area contributed by atoms with Crippen LogP contribution in [0.2, 0.25) is 10.0 Å². The second kappa shape index (κ2) is 24.6. The summed E-state index contributed by atoms with van der Waals surface area (Å²) >= 11 is 15.3. The van der Waals surface area contributed by atoms with E-state index in [2.05, 4.69) is 41.4 Å². The lowest BCUT2D eigenvalue weighted by molar-refractivity contribution is -0.134. The van der Waals surface area contributed by atoms with Gasteiger partial charge in [-0.2, -0.15) is 5.10 Å². The molecule has 358 valence electrons. The summed E-state index contributed by atoms with van der Waals surface area (Å²) < 4.78 is 0. The van der Waals surface area contributed by atoms with E-state index in [4.69, 9.17) is 53.9 Å². The Morgan fingerprint density at radius 1 is 0.746 bits per heavy atom. The van der Waals surface area contributed by atoms with Gasteiger partial charge in [-0.05, 0) is 82.9 Å². The number of anilines is 2. The fourth-order valence-corrected chi connectivity index (χ4v) is 10.7. The quantitative estimate of drug-likeness (QED) is 0.0472. The zero-order valence-corrected chi connectivity index (χ0v) is 42.8. The number of hydrogen-bond donors (Lipinski definition) is 5. The average Bonchev–Trinajstić information content (AvgIpc) is 3.77. The first-order valence-corrected chi connectivity index (χ1v) is 24.9. The molecule has 3 aliphatic heterocycles. The number of carbonyl (C=O) groups excluding carboxylic acids is 2. The van der Waals surface area contributed by atoms with Gasteiger partial charge in [0, 0.05) is 71.2 Å². The van der Waals surface area contributed by atoms with Gasteiger partial charge in [-0.25, -0.2) is 0 Å². The van der Waals surface area contributed by atoms with Crippen LogP contribution in [0.1, 0.15) is 127 Å². The number of hydrogen-bond acceptors (Lipinski definition) is 12. The van der Waals surface area contributed by atoms with Crippen LogP contribution in [0.15, 0.2) is 63.6 Å². The molecule has 18 heteroatoms.